The summed E-state index contributed by atoms with van der Waals surface area (Å²) in [6.45, 7) is 7.33. The highest BCUT2D eigenvalue weighted by Gasteiger charge is 2.27. The number of pyridine rings is 1. The van der Waals surface area contributed by atoms with Crippen LogP contribution in [-0.2, 0) is 33.6 Å². The number of aliphatic hydroxyl groups is 2. The number of hydrogen-bond acceptors (Lipinski definition) is 8. The summed E-state index contributed by atoms with van der Waals surface area (Å²) >= 11 is 6.92. The number of carbonyl (C=O) groups excluding carboxylic acids is 2. The molecule has 2 aliphatic heterocycles. The first-order valence-corrected chi connectivity index (χ1v) is 16.8. The minimum Gasteiger partial charge on any atom is -0.392 e. The molecule has 258 valence electrons. The van der Waals surface area contributed by atoms with E-state index in [4.69, 9.17) is 11.6 Å². The van der Waals surface area contributed by atoms with Crippen LogP contribution in [0.15, 0.2) is 53.5 Å². The number of carbonyl (C=O) groups is 2. The SMILES string of the molecule is Cc1c(NC(=O)c2cc(CN3CC[C@@H](O)C3)cn(C)c2=O)cccc1-c1cccc(NC(=O)c2nc3c(n2C)CCN(C[C@H](C)O)C3)c1Cl. The summed E-state index contributed by atoms with van der Waals surface area (Å²) < 4.78 is 3.23. The third-order valence-electron chi connectivity index (χ3n) is 9.32. The van der Waals surface area contributed by atoms with Gasteiger partial charge in [-0.15, -0.1) is 0 Å². The van der Waals surface area contributed by atoms with Gasteiger partial charge in [0, 0.05) is 82.9 Å². The maximum absolute atomic E-state index is 13.5. The summed E-state index contributed by atoms with van der Waals surface area (Å²) in [7, 11) is 3.45. The van der Waals surface area contributed by atoms with E-state index in [1.54, 1.807) is 50.5 Å². The van der Waals surface area contributed by atoms with E-state index in [2.05, 4.69) is 25.4 Å². The highest BCUT2D eigenvalue weighted by Crippen LogP contribution is 2.37. The van der Waals surface area contributed by atoms with Crippen LogP contribution in [0.25, 0.3) is 11.1 Å². The Morgan fingerprint density at radius 3 is 2.47 bits per heavy atom. The van der Waals surface area contributed by atoms with Crippen LogP contribution in [0.2, 0.25) is 5.02 Å². The molecule has 4 heterocycles. The maximum Gasteiger partial charge on any atom is 0.291 e. The quantitative estimate of drug-likeness (QED) is 0.209. The molecule has 2 aromatic carbocycles. The molecule has 0 bridgehead atoms. The molecule has 49 heavy (non-hydrogen) atoms. The highest BCUT2D eigenvalue weighted by molar-refractivity contribution is 6.36. The molecule has 2 atom stereocenters. The van der Waals surface area contributed by atoms with Crippen LogP contribution in [0, 0.1) is 6.92 Å². The van der Waals surface area contributed by atoms with Gasteiger partial charge in [0.05, 0.1) is 28.6 Å². The number of aromatic nitrogens is 3. The minimum absolute atomic E-state index is 0.0268. The number of imidazole rings is 1. The molecule has 2 aromatic heterocycles. The van der Waals surface area contributed by atoms with Crippen molar-refractivity contribution >= 4 is 34.8 Å². The number of rotatable bonds is 9. The average Bonchev–Trinajstić information content (AvgIpc) is 3.62. The first kappa shape index (κ1) is 34.5. The number of aryl methyl sites for hydroxylation is 1. The average molecular weight is 688 g/mol. The first-order chi connectivity index (χ1) is 23.4. The van der Waals surface area contributed by atoms with E-state index >= 15 is 0 Å². The van der Waals surface area contributed by atoms with E-state index in [0.29, 0.717) is 54.6 Å². The van der Waals surface area contributed by atoms with E-state index in [1.807, 2.05) is 30.7 Å². The molecule has 1 saturated heterocycles. The Balaban J connectivity index is 1.21. The highest BCUT2D eigenvalue weighted by atomic mass is 35.5. The van der Waals surface area contributed by atoms with Gasteiger partial charge in [-0.2, -0.15) is 0 Å². The van der Waals surface area contributed by atoms with Crippen molar-refractivity contribution in [3.05, 3.63) is 97.9 Å². The Morgan fingerprint density at radius 2 is 1.76 bits per heavy atom. The van der Waals surface area contributed by atoms with Crippen LogP contribution in [0.1, 0.15) is 56.8 Å². The lowest BCUT2D eigenvalue weighted by molar-refractivity contribution is 0.100. The van der Waals surface area contributed by atoms with E-state index < -0.39 is 17.6 Å². The number of hydrogen-bond donors (Lipinski definition) is 4. The van der Waals surface area contributed by atoms with E-state index in [0.717, 1.165) is 47.6 Å². The lowest BCUT2D eigenvalue weighted by Gasteiger charge is -2.27. The third kappa shape index (κ3) is 7.34. The summed E-state index contributed by atoms with van der Waals surface area (Å²) in [5.41, 5.74) is 5.33. The van der Waals surface area contributed by atoms with Gasteiger partial charge >= 0.3 is 0 Å². The zero-order chi connectivity index (χ0) is 35.0. The largest absolute Gasteiger partial charge is 0.392 e. The van der Waals surface area contributed by atoms with Crippen LogP contribution in [0.4, 0.5) is 11.4 Å². The fraction of sp³-hybridized carbons (Fsp3) is 0.389. The molecular formula is C36H42ClN7O5. The van der Waals surface area contributed by atoms with Crippen LogP contribution < -0.4 is 16.2 Å². The molecule has 4 aromatic rings. The molecule has 0 saturated carbocycles. The van der Waals surface area contributed by atoms with Gasteiger partial charge in [-0.3, -0.25) is 24.2 Å². The van der Waals surface area contributed by atoms with E-state index in [1.165, 1.54) is 4.57 Å². The lowest BCUT2D eigenvalue weighted by atomic mass is 9.98. The van der Waals surface area contributed by atoms with Gasteiger partial charge in [0.15, 0.2) is 5.82 Å². The van der Waals surface area contributed by atoms with Crippen LogP contribution in [-0.4, -0.2) is 84.3 Å². The van der Waals surface area contributed by atoms with Gasteiger partial charge in [0.1, 0.15) is 5.56 Å². The van der Waals surface area contributed by atoms with Gasteiger partial charge in [0.2, 0.25) is 0 Å². The second-order valence-corrected chi connectivity index (χ2v) is 13.5. The lowest BCUT2D eigenvalue weighted by Crippen LogP contribution is -2.36. The van der Waals surface area contributed by atoms with Crippen molar-refractivity contribution in [1.82, 2.24) is 23.9 Å². The van der Waals surface area contributed by atoms with Crippen molar-refractivity contribution in [3.8, 4) is 11.1 Å². The number of aliphatic hydroxyl groups excluding tert-OH is 2. The van der Waals surface area contributed by atoms with Crippen molar-refractivity contribution < 1.29 is 19.8 Å². The Morgan fingerprint density at radius 1 is 1.04 bits per heavy atom. The smallest absolute Gasteiger partial charge is 0.291 e. The summed E-state index contributed by atoms with van der Waals surface area (Å²) in [5, 5.41) is 25.9. The van der Waals surface area contributed by atoms with Gasteiger partial charge in [0.25, 0.3) is 17.4 Å². The zero-order valence-corrected chi connectivity index (χ0v) is 28.9. The van der Waals surface area contributed by atoms with Gasteiger partial charge in [-0.25, -0.2) is 4.98 Å². The maximum atomic E-state index is 13.5. The second kappa shape index (κ2) is 14.3. The number of β-amino-alcohol motifs (C(OH)–C–C–N with tert-alkyl or cyclic N) is 2. The van der Waals surface area contributed by atoms with E-state index in [-0.39, 0.29) is 23.4 Å². The molecule has 6 rings (SSSR count). The number of halogens is 1. The van der Waals surface area contributed by atoms with Crippen LogP contribution in [0.3, 0.4) is 0 Å². The van der Waals surface area contributed by atoms with Crippen LogP contribution in [0.5, 0.6) is 0 Å². The summed E-state index contributed by atoms with van der Waals surface area (Å²) in [6, 6.07) is 12.4. The van der Waals surface area contributed by atoms with Crippen molar-refractivity contribution in [1.29, 1.82) is 0 Å². The summed E-state index contributed by atoms with van der Waals surface area (Å²) in [5.74, 6) is -0.636. The normalized spacial score (nSPS) is 17.2. The number of nitrogens with one attached hydrogen (secondary N) is 2. The summed E-state index contributed by atoms with van der Waals surface area (Å²) in [4.78, 5) is 48.8. The zero-order valence-electron chi connectivity index (χ0n) is 28.2. The topological polar surface area (TPSA) is 145 Å². The number of amides is 2. The fourth-order valence-electron chi connectivity index (χ4n) is 6.83. The molecular weight excluding hydrogens is 646 g/mol. The number of nitrogens with zero attached hydrogens (tertiary/aromatic N) is 5. The molecule has 0 radical (unpaired) electrons. The monoisotopic (exact) mass is 687 g/mol. The predicted octanol–water partition coefficient (Wildman–Crippen LogP) is 3.56. The number of anilines is 2. The number of fused-ring (bicyclic) bond motifs is 1. The van der Waals surface area contributed by atoms with Gasteiger partial charge < -0.3 is 30.0 Å². The fourth-order valence-corrected chi connectivity index (χ4v) is 7.10. The van der Waals surface area contributed by atoms with Crippen molar-refractivity contribution in [3.63, 3.8) is 0 Å². The molecule has 2 amide bonds. The third-order valence-corrected chi connectivity index (χ3v) is 9.72. The predicted molar refractivity (Wildman–Crippen MR) is 189 cm³/mol. The molecule has 0 spiro atoms. The molecule has 2 aliphatic rings. The molecule has 1 fully saturated rings. The molecule has 12 nitrogen and oxygen atoms in total. The van der Waals surface area contributed by atoms with Gasteiger partial charge in [-0.05, 0) is 55.2 Å². The Hall–Kier alpha value is -4.33. The molecule has 4 N–H and O–H groups in total. The minimum atomic E-state index is -0.525. The number of benzene rings is 2. The Bertz CT molecular complexity index is 1970. The van der Waals surface area contributed by atoms with E-state index in [9.17, 15) is 24.6 Å². The van der Waals surface area contributed by atoms with Gasteiger partial charge in [-0.1, -0.05) is 35.9 Å². The van der Waals surface area contributed by atoms with Crippen molar-refractivity contribution in [2.75, 3.05) is 36.8 Å². The molecule has 0 unspecified atom stereocenters. The summed E-state index contributed by atoms with van der Waals surface area (Å²) in [6.07, 6.45) is 2.33. The van der Waals surface area contributed by atoms with Crippen molar-refractivity contribution in [2.45, 2.75) is 52.0 Å². The molecule has 0 aliphatic carbocycles. The Labute approximate surface area is 289 Å². The standard InChI is InChI=1S/C36H42ClN7O5/c1-21(45)16-43-14-12-31-30(20-43)38-33(42(31)4)35(48)40-29-10-6-8-26(32(29)37)25-7-5-9-28(22(25)2)39-34(47)27-15-23(17-41(3)36(27)49)18-44-13-11-24(46)19-44/h5-10,15,17,21,24,45-46H,11-14,16,18-20H2,1-4H3,(H,39,47)(H,40,48)/t21-,24+/m0/s1. The van der Waals surface area contributed by atoms with Crippen LogP contribution >= 0.6 is 11.6 Å². The second-order valence-electron chi connectivity index (χ2n) is 13.1. The Kier molecular flexibility index (Phi) is 10.0. The molecule has 13 heteroatoms. The first-order valence-electron chi connectivity index (χ1n) is 16.5. The van der Waals surface area contributed by atoms with Crippen molar-refractivity contribution in [2.24, 2.45) is 14.1 Å². The number of likely N-dealkylation sites (tertiary alicyclic amines) is 1.